The Balaban J connectivity index is 0.958. The topological polar surface area (TPSA) is 67.6 Å². The van der Waals surface area contributed by atoms with Crippen molar-refractivity contribution in [2.45, 2.75) is 51.6 Å². The Bertz CT molecular complexity index is 1790. The molecule has 0 unspecified atom stereocenters. The standard InChI is InChI=1S/C40H39F2NO6/c1-3-39(26-46-27-39)25-45-20-6-4-5-7-21-47-31-13-9-29(10-14-31)38(44)49-33-17-19-35-34-18-8-28(22-36(34)40(41,42)37(35)23-33)24-48-32-15-11-30(43-2)12-16-32/h8-19,22-23H,3-7,20-21,24-27H2,1H3. The Kier molecular flexibility index (Phi) is 10.6. The van der Waals surface area contributed by atoms with Gasteiger partial charge in [0.15, 0.2) is 5.69 Å². The predicted molar refractivity (Wildman–Crippen MR) is 182 cm³/mol. The SMILES string of the molecule is [C-]#[N+]c1ccc(OCc2ccc3c(c2)C(F)(F)c2cc(OC(=O)c4ccc(OCCCCCCOCC5(CC)COC5)cc4)ccc2-3)cc1. The first-order chi connectivity index (χ1) is 23.8. The van der Waals surface area contributed by atoms with Gasteiger partial charge in [0, 0.05) is 23.1 Å². The maximum absolute atomic E-state index is 15.7. The summed E-state index contributed by atoms with van der Waals surface area (Å²) in [6.07, 6.45) is 5.13. The van der Waals surface area contributed by atoms with Crippen molar-refractivity contribution in [3.63, 3.8) is 0 Å². The van der Waals surface area contributed by atoms with Gasteiger partial charge in [0.2, 0.25) is 0 Å². The molecule has 0 atom stereocenters. The average molecular weight is 668 g/mol. The molecule has 49 heavy (non-hydrogen) atoms. The summed E-state index contributed by atoms with van der Waals surface area (Å²) in [6, 6.07) is 22.4. The van der Waals surface area contributed by atoms with Crippen LogP contribution in [-0.4, -0.2) is 39.0 Å². The first-order valence-corrected chi connectivity index (χ1v) is 16.7. The Morgan fingerprint density at radius 2 is 1.43 bits per heavy atom. The van der Waals surface area contributed by atoms with Gasteiger partial charge in [0.25, 0.3) is 5.92 Å². The van der Waals surface area contributed by atoms with Gasteiger partial charge in [-0.25, -0.2) is 9.64 Å². The van der Waals surface area contributed by atoms with E-state index < -0.39 is 11.9 Å². The van der Waals surface area contributed by atoms with Crippen molar-refractivity contribution in [1.29, 1.82) is 0 Å². The van der Waals surface area contributed by atoms with Crippen LogP contribution in [0, 0.1) is 12.0 Å². The van der Waals surface area contributed by atoms with E-state index in [0.29, 0.717) is 40.5 Å². The number of esters is 1. The summed E-state index contributed by atoms with van der Waals surface area (Å²) in [5.41, 5.74) is 2.06. The molecule has 0 aromatic heterocycles. The van der Waals surface area contributed by atoms with E-state index in [-0.39, 0.29) is 34.5 Å². The second kappa shape index (κ2) is 15.2. The normalized spacial score (nSPS) is 15.0. The Morgan fingerprint density at radius 3 is 2.10 bits per heavy atom. The molecule has 0 spiro atoms. The number of unbranched alkanes of at least 4 members (excludes halogenated alkanes) is 3. The molecule has 0 bridgehead atoms. The molecule has 1 heterocycles. The van der Waals surface area contributed by atoms with Crippen LogP contribution in [0.2, 0.25) is 0 Å². The van der Waals surface area contributed by atoms with Gasteiger partial charge >= 0.3 is 5.97 Å². The highest BCUT2D eigenvalue weighted by Crippen LogP contribution is 2.52. The van der Waals surface area contributed by atoms with Crippen molar-refractivity contribution in [2.75, 3.05) is 33.0 Å². The summed E-state index contributed by atoms with van der Waals surface area (Å²) in [5, 5.41) is 0. The van der Waals surface area contributed by atoms with E-state index in [2.05, 4.69) is 11.8 Å². The van der Waals surface area contributed by atoms with Crippen molar-refractivity contribution in [3.8, 4) is 28.4 Å². The number of hydrogen-bond donors (Lipinski definition) is 0. The molecule has 7 nitrogen and oxygen atoms in total. The zero-order valence-corrected chi connectivity index (χ0v) is 27.5. The monoisotopic (exact) mass is 667 g/mol. The summed E-state index contributed by atoms with van der Waals surface area (Å²) < 4.78 is 59.7. The number of hydrogen-bond acceptors (Lipinski definition) is 6. The number of nitrogens with zero attached hydrogens (tertiary/aromatic N) is 1. The highest BCUT2D eigenvalue weighted by atomic mass is 19.3. The van der Waals surface area contributed by atoms with Crippen LogP contribution in [0.1, 0.15) is 66.1 Å². The number of ether oxygens (including phenoxy) is 5. The third-order valence-corrected chi connectivity index (χ3v) is 9.14. The van der Waals surface area contributed by atoms with Gasteiger partial charge < -0.3 is 23.7 Å². The molecular formula is C40H39F2NO6. The number of halogens is 2. The lowest BCUT2D eigenvalue weighted by molar-refractivity contribution is -0.150. The summed E-state index contributed by atoms with van der Waals surface area (Å²) >= 11 is 0. The van der Waals surface area contributed by atoms with E-state index in [0.717, 1.165) is 58.5 Å². The minimum Gasteiger partial charge on any atom is -0.494 e. The summed E-state index contributed by atoms with van der Waals surface area (Å²) in [6.45, 7) is 13.0. The second-order valence-corrected chi connectivity index (χ2v) is 12.6. The Hall–Kier alpha value is -4.78. The smallest absolute Gasteiger partial charge is 0.343 e. The fourth-order valence-corrected chi connectivity index (χ4v) is 5.96. The third-order valence-electron chi connectivity index (χ3n) is 9.14. The first kappa shape index (κ1) is 34.1. The van der Waals surface area contributed by atoms with Crippen molar-refractivity contribution in [2.24, 2.45) is 5.41 Å². The molecule has 9 heteroatoms. The van der Waals surface area contributed by atoms with E-state index in [1.54, 1.807) is 66.7 Å². The number of rotatable bonds is 16. The number of fused-ring (bicyclic) bond motifs is 3. The average Bonchev–Trinajstić information content (AvgIpc) is 3.33. The van der Waals surface area contributed by atoms with Crippen molar-refractivity contribution in [3.05, 3.63) is 119 Å². The van der Waals surface area contributed by atoms with E-state index in [1.807, 2.05) is 0 Å². The molecule has 4 aromatic rings. The van der Waals surface area contributed by atoms with Crippen LogP contribution < -0.4 is 14.2 Å². The maximum Gasteiger partial charge on any atom is 0.343 e. The minimum atomic E-state index is -3.28. The van der Waals surface area contributed by atoms with Crippen LogP contribution in [0.3, 0.4) is 0 Å². The van der Waals surface area contributed by atoms with Gasteiger partial charge in [-0.05, 0) is 97.0 Å². The van der Waals surface area contributed by atoms with Gasteiger partial charge in [0.1, 0.15) is 23.9 Å². The highest BCUT2D eigenvalue weighted by molar-refractivity contribution is 5.91. The van der Waals surface area contributed by atoms with Crippen LogP contribution in [0.5, 0.6) is 17.2 Å². The van der Waals surface area contributed by atoms with Gasteiger partial charge in [-0.1, -0.05) is 43.7 Å². The van der Waals surface area contributed by atoms with Gasteiger partial charge in [-0.3, -0.25) is 0 Å². The summed E-state index contributed by atoms with van der Waals surface area (Å²) in [4.78, 5) is 16.2. The van der Waals surface area contributed by atoms with Crippen molar-refractivity contribution < 1.29 is 37.3 Å². The summed E-state index contributed by atoms with van der Waals surface area (Å²) in [7, 11) is 0. The lowest BCUT2D eigenvalue weighted by atomic mass is 9.84. The predicted octanol–water partition coefficient (Wildman–Crippen LogP) is 9.54. The summed E-state index contributed by atoms with van der Waals surface area (Å²) in [5.74, 6) is -2.71. The first-order valence-electron chi connectivity index (χ1n) is 16.7. The van der Waals surface area contributed by atoms with Crippen LogP contribution >= 0.6 is 0 Å². The number of carbonyl (C=O) groups is 1. The van der Waals surface area contributed by atoms with Crippen LogP contribution in [-0.2, 0) is 22.0 Å². The molecular weight excluding hydrogens is 628 g/mol. The van der Waals surface area contributed by atoms with Crippen molar-refractivity contribution >= 4 is 11.7 Å². The fourth-order valence-electron chi connectivity index (χ4n) is 5.96. The van der Waals surface area contributed by atoms with Crippen LogP contribution in [0.15, 0.2) is 84.9 Å². The van der Waals surface area contributed by atoms with E-state index >= 15 is 8.78 Å². The van der Waals surface area contributed by atoms with E-state index in [4.69, 9.17) is 30.3 Å². The molecule has 2 aliphatic rings. The quantitative estimate of drug-likeness (QED) is 0.0513. The minimum absolute atomic E-state index is 0.0373. The van der Waals surface area contributed by atoms with Gasteiger partial charge in [0.05, 0.1) is 38.6 Å². The molecule has 1 aliphatic carbocycles. The molecule has 0 radical (unpaired) electrons. The van der Waals surface area contributed by atoms with Crippen LogP contribution in [0.4, 0.5) is 14.5 Å². The molecule has 1 saturated heterocycles. The second-order valence-electron chi connectivity index (χ2n) is 12.6. The molecule has 1 aliphatic heterocycles. The van der Waals surface area contributed by atoms with E-state index in [1.165, 1.54) is 18.2 Å². The zero-order valence-electron chi connectivity index (χ0n) is 27.5. The van der Waals surface area contributed by atoms with Gasteiger partial charge in [-0.2, -0.15) is 8.78 Å². The molecule has 6 rings (SSSR count). The van der Waals surface area contributed by atoms with Crippen LogP contribution in [0.25, 0.3) is 16.0 Å². The molecule has 4 aromatic carbocycles. The number of benzene rings is 4. The van der Waals surface area contributed by atoms with Crippen molar-refractivity contribution in [1.82, 2.24) is 0 Å². The number of carbonyl (C=O) groups excluding carboxylic acids is 1. The molecule has 1 fully saturated rings. The number of alkyl halides is 2. The molecule has 0 amide bonds. The maximum atomic E-state index is 15.7. The fraction of sp³-hybridized carbons (Fsp3) is 0.350. The van der Waals surface area contributed by atoms with E-state index in [9.17, 15) is 4.79 Å². The Morgan fingerprint density at radius 1 is 0.796 bits per heavy atom. The molecule has 254 valence electrons. The largest absolute Gasteiger partial charge is 0.494 e. The van der Waals surface area contributed by atoms with Gasteiger partial charge in [-0.15, -0.1) is 0 Å². The molecule has 0 N–H and O–H groups in total. The lowest BCUT2D eigenvalue weighted by Crippen LogP contribution is -2.45. The molecule has 0 saturated carbocycles. The zero-order chi connectivity index (χ0) is 34.3. The third kappa shape index (κ3) is 7.93. The Labute approximate surface area is 285 Å². The lowest BCUT2D eigenvalue weighted by Gasteiger charge is -2.40. The highest BCUT2D eigenvalue weighted by Gasteiger charge is 2.45.